The molecule has 3 heteroatoms. The van der Waals surface area contributed by atoms with E-state index in [1.165, 1.54) is 55.2 Å². The Bertz CT molecular complexity index is 3960. The van der Waals surface area contributed by atoms with Crippen LogP contribution in [0.25, 0.3) is 105 Å². The van der Waals surface area contributed by atoms with Gasteiger partial charge in [-0.15, -0.1) is 0 Å². The van der Waals surface area contributed by atoms with E-state index in [1.54, 1.807) is 0 Å². The van der Waals surface area contributed by atoms with E-state index < -0.39 is 0 Å². The summed E-state index contributed by atoms with van der Waals surface area (Å²) in [6.07, 6.45) is 0. The molecule has 0 saturated heterocycles. The second-order valence-corrected chi connectivity index (χ2v) is 17.7. The van der Waals surface area contributed by atoms with Crippen molar-refractivity contribution in [1.82, 2.24) is 4.57 Å². The van der Waals surface area contributed by atoms with Crippen LogP contribution in [0.15, 0.2) is 271 Å². The van der Waals surface area contributed by atoms with Crippen molar-refractivity contribution < 1.29 is 4.42 Å². The molecule has 0 aliphatic heterocycles. The molecule has 11 aromatic carbocycles. The first kappa shape index (κ1) is 40.1. The van der Waals surface area contributed by atoms with Gasteiger partial charge in [0, 0.05) is 44.3 Å². The van der Waals surface area contributed by atoms with E-state index in [2.05, 4.69) is 264 Å². The number of para-hydroxylation sites is 3. The molecule has 0 fully saturated rings. The highest BCUT2D eigenvalue weighted by Gasteiger charge is 2.17. The number of hydrogen-bond donors (Lipinski definition) is 0. The molecule has 0 bridgehead atoms. The molecule has 3 nitrogen and oxygen atoms in total. The molecule has 13 aromatic rings. The van der Waals surface area contributed by atoms with Crippen LogP contribution in [0.1, 0.15) is 0 Å². The predicted octanol–water partition coefficient (Wildman–Crippen LogP) is 18.5. The standard InChI is InChI=1S/C66H44N2O/c1-2-15-46(16-3-1)57-23-4-5-24-58(57)47-33-38-54(39-34-47)67(55-21-13-20-51(42-55)52-35-40-62-61-27-8-11-30-65(61)69-66(62)44-52)53-36-31-45(32-37-53)48-17-12-18-49(41-48)50-19-14-22-56(43-50)68-63-28-9-6-25-59(63)60-26-7-10-29-64(60)68/h1-44H. The second-order valence-electron chi connectivity index (χ2n) is 17.7. The Balaban J connectivity index is 0.866. The Morgan fingerprint density at radius 1 is 0.261 bits per heavy atom. The molecule has 0 amide bonds. The molecule has 0 spiro atoms. The first-order valence-electron chi connectivity index (χ1n) is 23.6. The summed E-state index contributed by atoms with van der Waals surface area (Å²) >= 11 is 0. The summed E-state index contributed by atoms with van der Waals surface area (Å²) in [5.74, 6) is 0. The fourth-order valence-corrected chi connectivity index (χ4v) is 10.3. The molecule has 324 valence electrons. The maximum Gasteiger partial charge on any atom is 0.136 e. The monoisotopic (exact) mass is 880 g/mol. The molecular weight excluding hydrogens is 837 g/mol. The molecule has 0 unspecified atom stereocenters. The summed E-state index contributed by atoms with van der Waals surface area (Å²) in [6, 6.07) is 96.1. The summed E-state index contributed by atoms with van der Waals surface area (Å²) in [7, 11) is 0. The summed E-state index contributed by atoms with van der Waals surface area (Å²) in [4.78, 5) is 2.36. The van der Waals surface area contributed by atoms with Crippen LogP contribution in [0.2, 0.25) is 0 Å². The van der Waals surface area contributed by atoms with Crippen LogP contribution in [0.4, 0.5) is 17.1 Å². The van der Waals surface area contributed by atoms with Gasteiger partial charge in [-0.2, -0.15) is 0 Å². The minimum Gasteiger partial charge on any atom is -0.456 e. The maximum absolute atomic E-state index is 6.33. The van der Waals surface area contributed by atoms with Crippen molar-refractivity contribution in [3.05, 3.63) is 267 Å². The Morgan fingerprint density at radius 2 is 0.725 bits per heavy atom. The minimum absolute atomic E-state index is 0.887. The molecule has 69 heavy (non-hydrogen) atoms. The van der Waals surface area contributed by atoms with Crippen molar-refractivity contribution in [2.45, 2.75) is 0 Å². The van der Waals surface area contributed by atoms with Crippen LogP contribution < -0.4 is 4.90 Å². The largest absolute Gasteiger partial charge is 0.456 e. The van der Waals surface area contributed by atoms with Gasteiger partial charge in [-0.1, -0.05) is 182 Å². The number of furan rings is 1. The molecule has 0 atom stereocenters. The first-order chi connectivity index (χ1) is 34.2. The van der Waals surface area contributed by atoms with Crippen LogP contribution >= 0.6 is 0 Å². The van der Waals surface area contributed by atoms with E-state index >= 15 is 0 Å². The Labute approximate surface area is 401 Å². The maximum atomic E-state index is 6.33. The lowest BCUT2D eigenvalue weighted by Gasteiger charge is -2.26. The number of benzene rings is 11. The van der Waals surface area contributed by atoms with Crippen molar-refractivity contribution in [1.29, 1.82) is 0 Å². The molecule has 0 aliphatic rings. The molecule has 0 saturated carbocycles. The quantitative estimate of drug-likeness (QED) is 0.144. The van der Waals surface area contributed by atoms with Crippen molar-refractivity contribution in [3.8, 4) is 61.3 Å². The van der Waals surface area contributed by atoms with Gasteiger partial charge in [0.1, 0.15) is 11.2 Å². The van der Waals surface area contributed by atoms with E-state index in [0.29, 0.717) is 0 Å². The van der Waals surface area contributed by atoms with Gasteiger partial charge in [0.25, 0.3) is 0 Å². The highest BCUT2D eigenvalue weighted by molar-refractivity contribution is 6.09. The smallest absolute Gasteiger partial charge is 0.136 e. The van der Waals surface area contributed by atoms with Gasteiger partial charge in [-0.05, 0) is 141 Å². The van der Waals surface area contributed by atoms with E-state index in [9.17, 15) is 0 Å². The summed E-state index contributed by atoms with van der Waals surface area (Å²) in [6.45, 7) is 0. The van der Waals surface area contributed by atoms with Crippen molar-refractivity contribution in [3.63, 3.8) is 0 Å². The highest BCUT2D eigenvalue weighted by Crippen LogP contribution is 2.41. The predicted molar refractivity (Wildman–Crippen MR) is 290 cm³/mol. The Kier molecular flexibility index (Phi) is 9.84. The lowest BCUT2D eigenvalue weighted by molar-refractivity contribution is 0.669. The number of anilines is 3. The van der Waals surface area contributed by atoms with Gasteiger partial charge < -0.3 is 13.9 Å². The molecule has 0 aliphatic carbocycles. The van der Waals surface area contributed by atoms with Gasteiger partial charge in [0.05, 0.1) is 11.0 Å². The van der Waals surface area contributed by atoms with Crippen LogP contribution in [-0.4, -0.2) is 4.57 Å². The van der Waals surface area contributed by atoms with Gasteiger partial charge in [-0.3, -0.25) is 0 Å². The van der Waals surface area contributed by atoms with Gasteiger partial charge in [0.2, 0.25) is 0 Å². The zero-order valence-corrected chi connectivity index (χ0v) is 37.7. The van der Waals surface area contributed by atoms with Gasteiger partial charge >= 0.3 is 0 Å². The van der Waals surface area contributed by atoms with Crippen molar-refractivity contribution in [2.75, 3.05) is 4.90 Å². The zero-order chi connectivity index (χ0) is 45.7. The SMILES string of the molecule is c1ccc(-c2ccccc2-c2ccc(N(c3ccc(-c4cccc(-c5cccc(-n6c7ccccc7c7ccccc76)c5)c4)cc3)c3cccc(-c4ccc5c(c4)oc4ccccc45)c3)cc2)cc1. The molecule has 0 radical (unpaired) electrons. The molecule has 0 N–H and O–H groups in total. The Hall–Kier alpha value is -9.18. The molecule has 2 aromatic heterocycles. The summed E-state index contributed by atoms with van der Waals surface area (Å²) < 4.78 is 8.72. The van der Waals surface area contributed by atoms with Crippen LogP contribution in [0, 0.1) is 0 Å². The van der Waals surface area contributed by atoms with Crippen LogP contribution in [0.3, 0.4) is 0 Å². The average Bonchev–Trinajstić information content (AvgIpc) is 3.97. The topological polar surface area (TPSA) is 21.3 Å². The van der Waals surface area contributed by atoms with Crippen LogP contribution in [0.5, 0.6) is 0 Å². The van der Waals surface area contributed by atoms with E-state index in [-0.39, 0.29) is 0 Å². The Morgan fingerprint density at radius 3 is 1.42 bits per heavy atom. The normalized spacial score (nSPS) is 11.5. The third-order valence-corrected chi connectivity index (χ3v) is 13.6. The minimum atomic E-state index is 0.887. The van der Waals surface area contributed by atoms with E-state index in [0.717, 1.165) is 66.9 Å². The zero-order valence-electron chi connectivity index (χ0n) is 37.7. The van der Waals surface area contributed by atoms with E-state index in [4.69, 9.17) is 4.42 Å². The van der Waals surface area contributed by atoms with Crippen LogP contribution in [-0.2, 0) is 0 Å². The summed E-state index contributed by atoms with van der Waals surface area (Å²) in [5, 5.41) is 4.78. The third kappa shape index (κ3) is 7.25. The average molecular weight is 881 g/mol. The molecule has 13 rings (SSSR count). The third-order valence-electron chi connectivity index (χ3n) is 13.6. The number of fused-ring (bicyclic) bond motifs is 6. The van der Waals surface area contributed by atoms with Crippen molar-refractivity contribution >= 4 is 60.8 Å². The van der Waals surface area contributed by atoms with Crippen molar-refractivity contribution in [2.24, 2.45) is 0 Å². The molecular formula is C66H44N2O. The lowest BCUT2D eigenvalue weighted by Crippen LogP contribution is -2.10. The second kappa shape index (κ2) is 16.9. The summed E-state index contributed by atoms with van der Waals surface area (Å²) in [5.41, 5.74) is 20.2. The number of nitrogens with zero attached hydrogens (tertiary/aromatic N) is 2. The fourth-order valence-electron chi connectivity index (χ4n) is 10.3. The fraction of sp³-hybridized carbons (Fsp3) is 0. The van der Waals surface area contributed by atoms with Gasteiger partial charge in [0.15, 0.2) is 0 Å². The number of rotatable bonds is 9. The number of hydrogen-bond acceptors (Lipinski definition) is 2. The van der Waals surface area contributed by atoms with Gasteiger partial charge in [-0.25, -0.2) is 0 Å². The molecule has 2 heterocycles. The van der Waals surface area contributed by atoms with E-state index in [1.807, 2.05) is 12.1 Å². The number of aromatic nitrogens is 1. The highest BCUT2D eigenvalue weighted by atomic mass is 16.3. The first-order valence-corrected chi connectivity index (χ1v) is 23.6. The lowest BCUT2D eigenvalue weighted by atomic mass is 9.94.